The van der Waals surface area contributed by atoms with E-state index in [9.17, 15) is 0 Å². The van der Waals surface area contributed by atoms with Crippen LogP contribution in [-0.2, 0) is 0 Å². The molecule has 1 unspecified atom stereocenters. The van der Waals surface area contributed by atoms with Gasteiger partial charge in [-0.1, -0.05) is 47.7 Å². The third-order valence-corrected chi connectivity index (χ3v) is 6.15. The van der Waals surface area contributed by atoms with E-state index in [0.717, 1.165) is 33.6 Å². The van der Waals surface area contributed by atoms with Crippen LogP contribution in [0.15, 0.2) is 80.9 Å². The number of aryl methyl sites for hydroxylation is 2. The van der Waals surface area contributed by atoms with Gasteiger partial charge in [0.05, 0.1) is 17.1 Å². The molecule has 0 saturated heterocycles. The molecule has 0 spiro atoms. The third kappa shape index (κ3) is 3.85. The second-order valence-corrected chi connectivity index (χ2v) is 8.75. The van der Waals surface area contributed by atoms with Crippen molar-refractivity contribution < 1.29 is 8.83 Å². The molecule has 32 heavy (non-hydrogen) atoms. The van der Waals surface area contributed by atoms with Crippen LogP contribution < -0.4 is 0 Å². The first kappa shape index (κ1) is 20.3. The first-order chi connectivity index (χ1) is 15.6. The Kier molecular flexibility index (Phi) is 5.36. The van der Waals surface area contributed by atoms with Crippen LogP contribution in [0.4, 0.5) is 0 Å². The molecule has 2 aromatic carbocycles. The summed E-state index contributed by atoms with van der Waals surface area (Å²) >= 11 is 1.52. The van der Waals surface area contributed by atoms with Gasteiger partial charge >= 0.3 is 0 Å². The number of nitrogens with zero attached hydrogens (tertiary/aromatic N) is 5. The summed E-state index contributed by atoms with van der Waals surface area (Å²) < 4.78 is 13.5. The zero-order valence-electron chi connectivity index (χ0n) is 17.9. The molecule has 0 aliphatic carbocycles. The largest absolute Gasteiger partial charge is 0.469 e. The SMILES string of the molecule is Cc1ccc(-c2nnc(C(C)Sc3nnc(-c4ccoc4C)n3-c3ccccc3)o2)cc1. The van der Waals surface area contributed by atoms with Gasteiger partial charge in [0.25, 0.3) is 0 Å². The molecule has 3 aromatic heterocycles. The van der Waals surface area contributed by atoms with E-state index < -0.39 is 0 Å². The van der Waals surface area contributed by atoms with Gasteiger partial charge in [0, 0.05) is 11.3 Å². The third-order valence-electron chi connectivity index (χ3n) is 5.12. The van der Waals surface area contributed by atoms with Crippen molar-refractivity contribution in [1.29, 1.82) is 0 Å². The first-order valence-corrected chi connectivity index (χ1v) is 11.1. The minimum atomic E-state index is -0.119. The molecule has 0 radical (unpaired) electrons. The lowest BCUT2D eigenvalue weighted by atomic mass is 10.1. The van der Waals surface area contributed by atoms with Gasteiger partial charge in [-0.05, 0) is 51.1 Å². The zero-order valence-corrected chi connectivity index (χ0v) is 18.7. The van der Waals surface area contributed by atoms with Crippen molar-refractivity contribution in [2.75, 3.05) is 0 Å². The lowest BCUT2D eigenvalue weighted by Gasteiger charge is -2.11. The van der Waals surface area contributed by atoms with Crippen LogP contribution in [0.5, 0.6) is 0 Å². The Labute approximate surface area is 189 Å². The highest BCUT2D eigenvalue weighted by molar-refractivity contribution is 7.99. The van der Waals surface area contributed by atoms with Crippen LogP contribution in [0.25, 0.3) is 28.5 Å². The second-order valence-electron chi connectivity index (χ2n) is 7.44. The fraction of sp³-hybridized carbons (Fsp3) is 0.167. The van der Waals surface area contributed by atoms with Crippen LogP contribution in [0, 0.1) is 13.8 Å². The number of benzene rings is 2. The Morgan fingerprint density at radius 3 is 2.38 bits per heavy atom. The van der Waals surface area contributed by atoms with Gasteiger partial charge in [0.15, 0.2) is 11.0 Å². The molecular weight excluding hydrogens is 422 g/mol. The number of para-hydroxylation sites is 1. The summed E-state index contributed by atoms with van der Waals surface area (Å²) in [5.41, 5.74) is 3.95. The molecule has 8 heteroatoms. The lowest BCUT2D eigenvalue weighted by Crippen LogP contribution is -2.01. The molecule has 0 saturated carbocycles. The molecule has 0 N–H and O–H groups in total. The second kappa shape index (κ2) is 8.47. The van der Waals surface area contributed by atoms with Crippen molar-refractivity contribution in [1.82, 2.24) is 25.0 Å². The highest BCUT2D eigenvalue weighted by atomic mass is 32.2. The number of thioether (sulfide) groups is 1. The maximum atomic E-state index is 5.97. The Bertz CT molecular complexity index is 1340. The summed E-state index contributed by atoms with van der Waals surface area (Å²) in [6, 6.07) is 19.9. The Hall–Kier alpha value is -3.65. The average Bonchev–Trinajstić information content (AvgIpc) is 3.54. The summed E-state index contributed by atoms with van der Waals surface area (Å²) in [4.78, 5) is 0. The van der Waals surface area contributed by atoms with Gasteiger partial charge < -0.3 is 8.83 Å². The molecule has 5 rings (SSSR count). The molecule has 0 amide bonds. The van der Waals surface area contributed by atoms with Crippen molar-refractivity contribution in [3.05, 3.63) is 84.1 Å². The Morgan fingerprint density at radius 1 is 0.875 bits per heavy atom. The fourth-order valence-corrected chi connectivity index (χ4v) is 4.27. The van der Waals surface area contributed by atoms with Crippen LogP contribution in [0.1, 0.15) is 29.4 Å². The molecule has 0 aliphatic heterocycles. The Morgan fingerprint density at radius 2 is 1.66 bits per heavy atom. The molecule has 5 aromatic rings. The zero-order chi connectivity index (χ0) is 22.1. The van der Waals surface area contributed by atoms with Gasteiger partial charge in [0.1, 0.15) is 5.76 Å². The van der Waals surface area contributed by atoms with Crippen LogP contribution in [0.2, 0.25) is 0 Å². The molecule has 0 fully saturated rings. The lowest BCUT2D eigenvalue weighted by molar-refractivity contribution is 0.509. The maximum Gasteiger partial charge on any atom is 0.247 e. The van der Waals surface area contributed by atoms with E-state index in [1.54, 1.807) is 6.26 Å². The fourth-order valence-electron chi connectivity index (χ4n) is 3.37. The van der Waals surface area contributed by atoms with E-state index in [4.69, 9.17) is 8.83 Å². The van der Waals surface area contributed by atoms with E-state index in [-0.39, 0.29) is 5.25 Å². The molecule has 3 heterocycles. The molecule has 0 bridgehead atoms. The van der Waals surface area contributed by atoms with Crippen molar-refractivity contribution in [2.45, 2.75) is 31.2 Å². The normalized spacial score (nSPS) is 12.2. The summed E-state index contributed by atoms with van der Waals surface area (Å²) in [5.74, 6) is 2.56. The highest BCUT2D eigenvalue weighted by Gasteiger charge is 2.23. The molecule has 0 aliphatic rings. The van der Waals surface area contributed by atoms with Crippen molar-refractivity contribution in [3.8, 4) is 28.5 Å². The van der Waals surface area contributed by atoms with E-state index in [1.807, 2.05) is 86.0 Å². The topological polar surface area (TPSA) is 82.8 Å². The smallest absolute Gasteiger partial charge is 0.247 e. The monoisotopic (exact) mass is 443 g/mol. The van der Waals surface area contributed by atoms with Crippen molar-refractivity contribution in [2.24, 2.45) is 0 Å². The van der Waals surface area contributed by atoms with Crippen LogP contribution in [0.3, 0.4) is 0 Å². The maximum absolute atomic E-state index is 5.97. The minimum absolute atomic E-state index is 0.119. The quantitative estimate of drug-likeness (QED) is 0.296. The molecular formula is C24H21N5O2S. The summed E-state index contributed by atoms with van der Waals surface area (Å²) in [6.45, 7) is 5.98. The number of aromatic nitrogens is 5. The Balaban J connectivity index is 1.47. The molecule has 1 atom stereocenters. The standard InChI is InChI=1S/C24H21N5O2S/c1-15-9-11-18(12-10-15)23-27-26-22(31-23)17(3)32-24-28-25-21(20-13-14-30-16(20)2)29(24)19-7-5-4-6-8-19/h4-14,17H,1-3H3. The number of furan rings is 1. The summed E-state index contributed by atoms with van der Waals surface area (Å²) in [6.07, 6.45) is 1.66. The van der Waals surface area contributed by atoms with E-state index in [0.29, 0.717) is 11.8 Å². The van der Waals surface area contributed by atoms with Crippen molar-refractivity contribution >= 4 is 11.8 Å². The number of hydrogen-bond acceptors (Lipinski definition) is 7. The van der Waals surface area contributed by atoms with Gasteiger partial charge in [-0.2, -0.15) is 0 Å². The van der Waals surface area contributed by atoms with Gasteiger partial charge in [0.2, 0.25) is 11.8 Å². The predicted molar refractivity (Wildman–Crippen MR) is 123 cm³/mol. The predicted octanol–water partition coefficient (Wildman–Crippen LogP) is 6.05. The van der Waals surface area contributed by atoms with Crippen molar-refractivity contribution in [3.63, 3.8) is 0 Å². The minimum Gasteiger partial charge on any atom is -0.469 e. The van der Waals surface area contributed by atoms with E-state index >= 15 is 0 Å². The van der Waals surface area contributed by atoms with Gasteiger partial charge in [-0.15, -0.1) is 20.4 Å². The van der Waals surface area contributed by atoms with Crippen LogP contribution >= 0.6 is 11.8 Å². The molecule has 160 valence electrons. The number of hydrogen-bond donors (Lipinski definition) is 0. The van der Waals surface area contributed by atoms with E-state index in [1.165, 1.54) is 17.3 Å². The van der Waals surface area contributed by atoms with E-state index in [2.05, 4.69) is 20.4 Å². The first-order valence-electron chi connectivity index (χ1n) is 10.2. The number of rotatable bonds is 6. The van der Waals surface area contributed by atoms with Crippen LogP contribution in [-0.4, -0.2) is 25.0 Å². The van der Waals surface area contributed by atoms with Gasteiger partial charge in [-0.3, -0.25) is 4.57 Å². The highest BCUT2D eigenvalue weighted by Crippen LogP contribution is 2.37. The summed E-state index contributed by atoms with van der Waals surface area (Å²) in [7, 11) is 0. The van der Waals surface area contributed by atoms with Gasteiger partial charge in [-0.25, -0.2) is 0 Å². The molecule has 7 nitrogen and oxygen atoms in total. The average molecular weight is 444 g/mol. The summed E-state index contributed by atoms with van der Waals surface area (Å²) in [5, 5.41) is 18.1.